The molecule has 0 fully saturated rings. The van der Waals surface area contributed by atoms with Crippen molar-refractivity contribution in [2.24, 2.45) is 5.73 Å². The third kappa shape index (κ3) is 3.53. The van der Waals surface area contributed by atoms with Crippen LogP contribution in [0.1, 0.15) is 10.4 Å². The van der Waals surface area contributed by atoms with Gasteiger partial charge >= 0.3 is 6.03 Å². The number of halogens is 2. The summed E-state index contributed by atoms with van der Waals surface area (Å²) in [7, 11) is 0. The second kappa shape index (κ2) is 6.00. The van der Waals surface area contributed by atoms with E-state index in [2.05, 4.69) is 10.6 Å². The van der Waals surface area contributed by atoms with Crippen molar-refractivity contribution in [2.45, 2.75) is 0 Å². The fourth-order valence-electron chi connectivity index (χ4n) is 1.66. The van der Waals surface area contributed by atoms with E-state index < -0.39 is 29.1 Å². The molecule has 0 aromatic heterocycles. The highest BCUT2D eigenvalue weighted by atomic mass is 19.2. The van der Waals surface area contributed by atoms with E-state index in [4.69, 9.17) is 5.73 Å². The van der Waals surface area contributed by atoms with Gasteiger partial charge in [0.1, 0.15) is 0 Å². The lowest BCUT2D eigenvalue weighted by atomic mass is 10.2. The van der Waals surface area contributed by atoms with Gasteiger partial charge in [0.2, 0.25) is 0 Å². The highest BCUT2D eigenvalue weighted by Gasteiger charge is 2.15. The van der Waals surface area contributed by atoms with E-state index in [9.17, 15) is 18.4 Å². The van der Waals surface area contributed by atoms with E-state index in [0.717, 1.165) is 6.07 Å². The van der Waals surface area contributed by atoms with Gasteiger partial charge in [0, 0.05) is 11.4 Å². The van der Waals surface area contributed by atoms with Crippen LogP contribution in [0.5, 0.6) is 0 Å². The number of hydrogen-bond acceptors (Lipinski definition) is 2. The molecule has 21 heavy (non-hydrogen) atoms. The number of anilines is 2. The quantitative estimate of drug-likeness (QED) is 0.812. The molecular formula is C14H11F2N3O2. The molecule has 0 saturated carbocycles. The summed E-state index contributed by atoms with van der Waals surface area (Å²) in [6.45, 7) is 0. The van der Waals surface area contributed by atoms with Crippen molar-refractivity contribution in [1.82, 2.24) is 0 Å². The number of amides is 3. The number of carbonyl (C=O) groups excluding carboxylic acids is 2. The standard InChI is InChI=1S/C14H11F2N3O2/c15-11-3-1-2-10(12(11)16)13(20)18-8-4-6-9(7-5-8)19-14(17)21/h1-7H,(H,18,20)(H3,17,19,21). The first-order valence-corrected chi connectivity index (χ1v) is 5.89. The van der Waals surface area contributed by atoms with E-state index in [1.54, 1.807) is 0 Å². The Labute approximate surface area is 118 Å². The molecule has 7 heteroatoms. The number of primary amides is 1. The Bertz CT molecular complexity index is 687. The minimum absolute atomic E-state index is 0.360. The van der Waals surface area contributed by atoms with Gasteiger partial charge < -0.3 is 16.4 Å². The van der Waals surface area contributed by atoms with Crippen molar-refractivity contribution in [3.8, 4) is 0 Å². The van der Waals surface area contributed by atoms with Gasteiger partial charge in [0.05, 0.1) is 5.56 Å². The first kappa shape index (κ1) is 14.4. The number of urea groups is 1. The first-order chi connectivity index (χ1) is 9.97. The van der Waals surface area contributed by atoms with Crippen LogP contribution in [0.15, 0.2) is 42.5 Å². The van der Waals surface area contributed by atoms with Gasteiger partial charge in [-0.05, 0) is 36.4 Å². The normalized spacial score (nSPS) is 10.0. The van der Waals surface area contributed by atoms with E-state index in [1.165, 1.54) is 36.4 Å². The molecule has 0 aliphatic rings. The van der Waals surface area contributed by atoms with Gasteiger partial charge in [0.15, 0.2) is 11.6 Å². The highest BCUT2D eigenvalue weighted by molar-refractivity contribution is 6.04. The molecule has 0 radical (unpaired) electrons. The highest BCUT2D eigenvalue weighted by Crippen LogP contribution is 2.16. The van der Waals surface area contributed by atoms with E-state index >= 15 is 0 Å². The molecule has 3 amide bonds. The van der Waals surface area contributed by atoms with E-state index in [-0.39, 0.29) is 0 Å². The second-order valence-electron chi connectivity index (χ2n) is 4.12. The lowest BCUT2D eigenvalue weighted by Crippen LogP contribution is -2.19. The van der Waals surface area contributed by atoms with Crippen molar-refractivity contribution < 1.29 is 18.4 Å². The smallest absolute Gasteiger partial charge is 0.316 e. The SMILES string of the molecule is NC(=O)Nc1ccc(NC(=O)c2cccc(F)c2F)cc1. The summed E-state index contributed by atoms with van der Waals surface area (Å²) in [5.41, 5.74) is 5.36. The maximum Gasteiger partial charge on any atom is 0.316 e. The van der Waals surface area contributed by atoms with Crippen LogP contribution in [-0.2, 0) is 0 Å². The molecule has 108 valence electrons. The lowest BCUT2D eigenvalue weighted by Gasteiger charge is -2.07. The van der Waals surface area contributed by atoms with Crippen molar-refractivity contribution in [3.63, 3.8) is 0 Å². The van der Waals surface area contributed by atoms with Gasteiger partial charge in [-0.3, -0.25) is 4.79 Å². The molecule has 2 aromatic rings. The van der Waals surface area contributed by atoms with E-state index in [1.807, 2.05) is 0 Å². The lowest BCUT2D eigenvalue weighted by molar-refractivity contribution is 0.102. The fraction of sp³-hybridized carbons (Fsp3) is 0. The fourth-order valence-corrected chi connectivity index (χ4v) is 1.66. The van der Waals surface area contributed by atoms with Crippen LogP contribution in [0.2, 0.25) is 0 Å². The van der Waals surface area contributed by atoms with Crippen LogP contribution in [0.4, 0.5) is 25.0 Å². The summed E-state index contributed by atoms with van der Waals surface area (Å²) in [4.78, 5) is 22.5. The monoisotopic (exact) mass is 291 g/mol. The number of carbonyl (C=O) groups is 2. The van der Waals surface area contributed by atoms with Crippen LogP contribution >= 0.6 is 0 Å². The Hall–Kier alpha value is -2.96. The minimum atomic E-state index is -1.21. The molecule has 2 rings (SSSR count). The molecule has 0 unspecified atom stereocenters. The zero-order chi connectivity index (χ0) is 15.4. The summed E-state index contributed by atoms with van der Waals surface area (Å²) >= 11 is 0. The first-order valence-electron chi connectivity index (χ1n) is 5.89. The van der Waals surface area contributed by atoms with Crippen molar-refractivity contribution >= 4 is 23.3 Å². The van der Waals surface area contributed by atoms with E-state index in [0.29, 0.717) is 11.4 Å². The maximum absolute atomic E-state index is 13.5. The molecule has 5 nitrogen and oxygen atoms in total. The average molecular weight is 291 g/mol. The van der Waals surface area contributed by atoms with Crippen LogP contribution in [0.3, 0.4) is 0 Å². The molecular weight excluding hydrogens is 280 g/mol. The predicted octanol–water partition coefficient (Wildman–Crippen LogP) is 2.71. The molecule has 0 aliphatic carbocycles. The van der Waals surface area contributed by atoms with Crippen LogP contribution in [0, 0.1) is 11.6 Å². The number of nitrogens with two attached hydrogens (primary N) is 1. The van der Waals surface area contributed by atoms with Crippen molar-refractivity contribution in [2.75, 3.05) is 10.6 Å². The second-order valence-corrected chi connectivity index (χ2v) is 4.12. The Morgan fingerprint density at radius 1 is 0.905 bits per heavy atom. The van der Waals surface area contributed by atoms with Gasteiger partial charge in [0.25, 0.3) is 5.91 Å². The molecule has 0 bridgehead atoms. The zero-order valence-corrected chi connectivity index (χ0v) is 10.7. The van der Waals surface area contributed by atoms with Crippen molar-refractivity contribution in [3.05, 3.63) is 59.7 Å². The number of benzene rings is 2. The molecule has 2 aromatic carbocycles. The number of hydrogen-bond donors (Lipinski definition) is 3. The minimum Gasteiger partial charge on any atom is -0.351 e. The maximum atomic E-state index is 13.5. The molecule has 0 aliphatic heterocycles. The summed E-state index contributed by atoms with van der Waals surface area (Å²) in [6.07, 6.45) is 0. The van der Waals surface area contributed by atoms with Gasteiger partial charge in [-0.25, -0.2) is 13.6 Å². The summed E-state index contributed by atoms with van der Waals surface area (Å²) < 4.78 is 26.5. The number of rotatable bonds is 3. The average Bonchev–Trinajstić information content (AvgIpc) is 2.43. The molecule has 4 N–H and O–H groups in total. The van der Waals surface area contributed by atoms with Gasteiger partial charge in [-0.1, -0.05) is 6.07 Å². The topological polar surface area (TPSA) is 84.2 Å². The molecule has 0 saturated heterocycles. The van der Waals surface area contributed by atoms with Crippen molar-refractivity contribution in [1.29, 1.82) is 0 Å². The Balaban J connectivity index is 2.12. The van der Waals surface area contributed by atoms with Crippen LogP contribution < -0.4 is 16.4 Å². The Morgan fingerprint density at radius 3 is 2.05 bits per heavy atom. The number of nitrogens with one attached hydrogen (secondary N) is 2. The molecule has 0 spiro atoms. The predicted molar refractivity (Wildman–Crippen MR) is 74.0 cm³/mol. The van der Waals surface area contributed by atoms with Gasteiger partial charge in [-0.2, -0.15) is 0 Å². The Morgan fingerprint density at radius 2 is 1.48 bits per heavy atom. The summed E-state index contributed by atoms with van der Waals surface area (Å²) in [5, 5.41) is 4.77. The third-order valence-electron chi connectivity index (χ3n) is 2.61. The van der Waals surface area contributed by atoms with Crippen LogP contribution in [-0.4, -0.2) is 11.9 Å². The third-order valence-corrected chi connectivity index (χ3v) is 2.61. The zero-order valence-electron chi connectivity index (χ0n) is 10.7. The largest absolute Gasteiger partial charge is 0.351 e. The summed E-state index contributed by atoms with van der Waals surface area (Å²) in [5.74, 6) is -3.08. The van der Waals surface area contributed by atoms with Crippen LogP contribution in [0.25, 0.3) is 0 Å². The molecule has 0 atom stereocenters. The summed E-state index contributed by atoms with van der Waals surface area (Å²) in [6, 6.07) is 8.61. The van der Waals surface area contributed by atoms with Gasteiger partial charge in [-0.15, -0.1) is 0 Å². The Kier molecular flexibility index (Phi) is 4.13. The molecule has 0 heterocycles.